The lowest BCUT2D eigenvalue weighted by molar-refractivity contribution is 0.585. The molecule has 0 unspecified atom stereocenters. The second-order valence-electron chi connectivity index (χ2n) is 5.98. The van der Waals surface area contributed by atoms with Crippen LogP contribution in [0.2, 0.25) is 0 Å². The van der Waals surface area contributed by atoms with Crippen LogP contribution in [-0.4, -0.2) is 0 Å². The fraction of sp³-hybridized carbons (Fsp3) is 0.500. The van der Waals surface area contributed by atoms with Crippen LogP contribution < -0.4 is 5.32 Å². The van der Waals surface area contributed by atoms with E-state index in [2.05, 4.69) is 19.2 Å². The van der Waals surface area contributed by atoms with Crippen molar-refractivity contribution in [3.05, 3.63) is 60.7 Å². The molecule has 0 heterocycles. The molecule has 1 nitrogen and oxygen atoms in total. The maximum Gasteiger partial charge on any atom is 0.0384 e. The van der Waals surface area contributed by atoms with Crippen molar-refractivity contribution in [2.45, 2.75) is 79.1 Å². The average molecular weight is 342 g/mol. The van der Waals surface area contributed by atoms with Gasteiger partial charge in [0.25, 0.3) is 0 Å². The largest absolute Gasteiger partial charge is 0.356 e. The highest BCUT2D eigenvalue weighted by molar-refractivity contribution is 5.58. The number of unbranched alkanes of at least 4 members (excludes halogenated alkanes) is 7. The second kappa shape index (κ2) is 18.6. The third-order valence-electron chi connectivity index (χ3n) is 3.79. The van der Waals surface area contributed by atoms with E-state index in [1.54, 1.807) is 0 Å². The van der Waals surface area contributed by atoms with Gasteiger partial charge in [-0.3, -0.25) is 0 Å². The van der Waals surface area contributed by atoms with Gasteiger partial charge in [-0.25, -0.2) is 0 Å². The molecule has 0 saturated heterocycles. The first kappa shape index (κ1) is 23.2. The predicted octanol–water partition coefficient (Wildman–Crippen LogP) is 8.60. The maximum absolute atomic E-state index is 3.30. The summed E-state index contributed by atoms with van der Waals surface area (Å²) >= 11 is 0. The minimum atomic E-state index is 1.12. The van der Waals surface area contributed by atoms with E-state index >= 15 is 0 Å². The van der Waals surface area contributed by atoms with Gasteiger partial charge in [0, 0.05) is 11.4 Å². The smallest absolute Gasteiger partial charge is 0.0384 e. The Morgan fingerprint density at radius 2 is 0.840 bits per heavy atom. The van der Waals surface area contributed by atoms with E-state index < -0.39 is 0 Å². The zero-order chi connectivity index (χ0) is 18.6. The normalized spacial score (nSPS) is 9.28. The van der Waals surface area contributed by atoms with Gasteiger partial charge in [0.15, 0.2) is 0 Å². The van der Waals surface area contributed by atoms with Crippen LogP contribution in [0.3, 0.4) is 0 Å². The summed E-state index contributed by atoms with van der Waals surface area (Å²) in [4.78, 5) is 0. The average Bonchev–Trinajstić information content (AvgIpc) is 2.68. The van der Waals surface area contributed by atoms with Gasteiger partial charge in [0.2, 0.25) is 0 Å². The van der Waals surface area contributed by atoms with Gasteiger partial charge in [-0.05, 0) is 24.3 Å². The van der Waals surface area contributed by atoms with Crippen molar-refractivity contribution < 1.29 is 0 Å². The summed E-state index contributed by atoms with van der Waals surface area (Å²) in [5.74, 6) is 0. The molecule has 1 heteroatoms. The Bertz CT molecular complexity index is 418. The molecule has 2 aromatic carbocycles. The maximum atomic E-state index is 3.30. The third kappa shape index (κ3) is 14.3. The lowest BCUT2D eigenvalue weighted by atomic mass is 10.1. The van der Waals surface area contributed by atoms with Gasteiger partial charge in [0.1, 0.15) is 0 Å². The highest BCUT2D eigenvalue weighted by Gasteiger charge is 1.90. The SMILES string of the molecule is CC.CCCCCCCCCC.c1ccc(Nc2ccccc2)cc1. The third-order valence-corrected chi connectivity index (χ3v) is 3.79. The van der Waals surface area contributed by atoms with Gasteiger partial charge in [-0.15, -0.1) is 0 Å². The van der Waals surface area contributed by atoms with Crippen molar-refractivity contribution in [3.8, 4) is 0 Å². The van der Waals surface area contributed by atoms with Crippen LogP contribution in [0.4, 0.5) is 11.4 Å². The van der Waals surface area contributed by atoms with Gasteiger partial charge < -0.3 is 5.32 Å². The van der Waals surface area contributed by atoms with Gasteiger partial charge in [0.05, 0.1) is 0 Å². The molecular weight excluding hydrogens is 302 g/mol. The molecule has 0 amide bonds. The summed E-state index contributed by atoms with van der Waals surface area (Å²) in [6.45, 7) is 8.54. The van der Waals surface area contributed by atoms with Gasteiger partial charge in [-0.1, -0.05) is 115 Å². The van der Waals surface area contributed by atoms with E-state index in [1.165, 1.54) is 51.4 Å². The predicted molar refractivity (Wildman–Crippen MR) is 116 cm³/mol. The van der Waals surface area contributed by atoms with Crippen LogP contribution in [0.15, 0.2) is 60.7 Å². The van der Waals surface area contributed by atoms with Crippen molar-refractivity contribution in [2.75, 3.05) is 5.32 Å². The van der Waals surface area contributed by atoms with Crippen molar-refractivity contribution in [2.24, 2.45) is 0 Å². The Labute approximate surface area is 156 Å². The molecule has 0 fully saturated rings. The molecule has 1 N–H and O–H groups in total. The lowest BCUT2D eigenvalue weighted by Crippen LogP contribution is -1.87. The Kier molecular flexibility index (Phi) is 17.3. The summed E-state index contributed by atoms with van der Waals surface area (Å²) in [7, 11) is 0. The van der Waals surface area contributed by atoms with E-state index in [4.69, 9.17) is 0 Å². The quantitative estimate of drug-likeness (QED) is 0.450. The molecule has 140 valence electrons. The van der Waals surface area contributed by atoms with Crippen LogP contribution in [0, 0.1) is 0 Å². The molecule has 0 aliphatic carbocycles. The van der Waals surface area contributed by atoms with E-state index in [0.717, 1.165) is 11.4 Å². The summed E-state index contributed by atoms with van der Waals surface area (Å²) < 4.78 is 0. The number of benzene rings is 2. The number of para-hydroxylation sites is 2. The van der Waals surface area contributed by atoms with Crippen molar-refractivity contribution in [1.29, 1.82) is 0 Å². The first-order chi connectivity index (χ1) is 12.4. The number of hydrogen-bond donors (Lipinski definition) is 1. The molecule has 25 heavy (non-hydrogen) atoms. The fourth-order valence-corrected chi connectivity index (χ4v) is 2.42. The monoisotopic (exact) mass is 341 g/mol. The van der Waals surface area contributed by atoms with Crippen LogP contribution in [0.5, 0.6) is 0 Å². The minimum Gasteiger partial charge on any atom is -0.356 e. The zero-order valence-electron chi connectivity index (χ0n) is 16.9. The molecule has 0 radical (unpaired) electrons. The molecule has 0 saturated carbocycles. The minimum absolute atomic E-state index is 1.12. The van der Waals surface area contributed by atoms with E-state index in [1.807, 2.05) is 74.5 Å². The molecule has 0 spiro atoms. The summed E-state index contributed by atoms with van der Waals surface area (Å²) in [6.07, 6.45) is 11.5. The van der Waals surface area contributed by atoms with Crippen LogP contribution in [-0.2, 0) is 0 Å². The van der Waals surface area contributed by atoms with Crippen molar-refractivity contribution in [1.82, 2.24) is 0 Å². The highest BCUT2D eigenvalue weighted by Crippen LogP contribution is 2.14. The van der Waals surface area contributed by atoms with Gasteiger partial charge in [-0.2, -0.15) is 0 Å². The molecule has 0 atom stereocenters. The van der Waals surface area contributed by atoms with Gasteiger partial charge >= 0.3 is 0 Å². The number of anilines is 2. The standard InChI is InChI=1S/C12H11N.C10H22.C2H6/c1-3-7-11(8-4-1)13-12-9-5-2-6-10-12;1-3-5-7-9-10-8-6-4-2;1-2/h1-10,13H;3-10H2,1-2H3;1-2H3. The molecule has 2 aromatic rings. The van der Waals surface area contributed by atoms with Crippen LogP contribution in [0.25, 0.3) is 0 Å². The zero-order valence-corrected chi connectivity index (χ0v) is 16.9. The van der Waals surface area contributed by atoms with Crippen molar-refractivity contribution in [3.63, 3.8) is 0 Å². The first-order valence-corrected chi connectivity index (χ1v) is 10.2. The Morgan fingerprint density at radius 3 is 1.16 bits per heavy atom. The van der Waals surface area contributed by atoms with E-state index in [9.17, 15) is 0 Å². The Balaban J connectivity index is 0.000000434. The van der Waals surface area contributed by atoms with Crippen LogP contribution >= 0.6 is 0 Å². The molecule has 0 bridgehead atoms. The van der Waals surface area contributed by atoms with Crippen molar-refractivity contribution >= 4 is 11.4 Å². The molecule has 2 rings (SSSR count). The molecule has 0 aromatic heterocycles. The first-order valence-electron chi connectivity index (χ1n) is 10.2. The number of nitrogens with one attached hydrogen (secondary N) is 1. The molecular formula is C24H39N. The molecule has 0 aliphatic heterocycles. The summed E-state index contributed by atoms with van der Waals surface area (Å²) in [5, 5.41) is 3.30. The number of hydrogen-bond acceptors (Lipinski definition) is 1. The van der Waals surface area contributed by atoms with Crippen LogP contribution in [0.1, 0.15) is 79.1 Å². The summed E-state index contributed by atoms with van der Waals surface area (Å²) in [5.41, 5.74) is 2.24. The molecule has 0 aliphatic rings. The lowest BCUT2D eigenvalue weighted by Gasteiger charge is -2.04. The fourth-order valence-electron chi connectivity index (χ4n) is 2.42. The highest BCUT2D eigenvalue weighted by atomic mass is 14.9. The van der Waals surface area contributed by atoms with E-state index in [0.29, 0.717) is 0 Å². The summed E-state index contributed by atoms with van der Waals surface area (Å²) in [6, 6.07) is 20.3. The Morgan fingerprint density at radius 1 is 0.520 bits per heavy atom. The second-order valence-corrected chi connectivity index (χ2v) is 5.98. The Hall–Kier alpha value is -1.76. The topological polar surface area (TPSA) is 12.0 Å². The number of rotatable bonds is 9. The van der Waals surface area contributed by atoms with E-state index in [-0.39, 0.29) is 0 Å².